The molecule has 7 atom stereocenters. The second-order valence-corrected chi connectivity index (χ2v) is 5.87. The molecule has 0 saturated heterocycles. The number of rotatable bonds is 9. The first-order valence-corrected chi connectivity index (χ1v) is 7.78. The van der Waals surface area contributed by atoms with Gasteiger partial charge in [-0.3, -0.25) is 4.55 Å². The predicted molar refractivity (Wildman–Crippen MR) is 71.1 cm³/mol. The third-order valence-electron chi connectivity index (χ3n) is 2.46. The van der Waals surface area contributed by atoms with Gasteiger partial charge in [-0.1, -0.05) is 6.08 Å². The van der Waals surface area contributed by atoms with Gasteiger partial charge in [-0.2, -0.15) is 8.42 Å². The average Bonchev–Trinajstić information content (AvgIpc) is 2.56. The summed E-state index contributed by atoms with van der Waals surface area (Å²) in [5, 5.41) is 0. The summed E-state index contributed by atoms with van der Waals surface area (Å²) < 4.78 is 141. The quantitative estimate of drug-likeness (QED) is 0.346. The Balaban J connectivity index is 0. The molecule has 7 unspecified atom stereocenters. The third-order valence-corrected chi connectivity index (χ3v) is 3.29. The van der Waals surface area contributed by atoms with Crippen LogP contribution in [0.1, 0.15) is 0 Å². The zero-order chi connectivity index (χ0) is 20.5. The van der Waals surface area contributed by atoms with E-state index >= 15 is 0 Å². The van der Waals surface area contributed by atoms with Crippen LogP contribution in [0.2, 0.25) is 0 Å². The fourth-order valence-electron chi connectivity index (χ4n) is 1.15. The van der Waals surface area contributed by atoms with Gasteiger partial charge in [-0.25, -0.2) is 39.5 Å². The fraction of sp³-hybridized carbons (Fsp3) is 0.818. The molecule has 14 heteroatoms. The first kappa shape index (κ1) is 26.2. The molecule has 0 heterocycles. The van der Waals surface area contributed by atoms with Gasteiger partial charge in [0, 0.05) is 6.54 Å². The van der Waals surface area contributed by atoms with Crippen molar-refractivity contribution in [1.29, 1.82) is 0 Å². The third kappa shape index (κ3) is 8.76. The second-order valence-electron chi connectivity index (χ2n) is 4.39. The number of hydrogen-bond acceptors (Lipinski definition) is 3. The minimum Gasteiger partial charge on any atom is -0.327 e. The average molecular weight is 413 g/mol. The van der Waals surface area contributed by atoms with E-state index < -0.39 is 59.1 Å². The van der Waals surface area contributed by atoms with Crippen molar-refractivity contribution >= 4 is 10.1 Å². The molecular formula is C11H16F9NO3S. The minimum absolute atomic E-state index is 0.583. The van der Waals surface area contributed by atoms with Gasteiger partial charge in [0.05, 0.1) is 0 Å². The first-order valence-electron chi connectivity index (χ1n) is 6.27. The summed E-state index contributed by atoms with van der Waals surface area (Å²) in [6.07, 6.45) is -26.1. The predicted octanol–water partition coefficient (Wildman–Crippen LogP) is 2.59. The number of alkyl halides is 9. The van der Waals surface area contributed by atoms with Crippen LogP contribution >= 0.6 is 0 Å². The van der Waals surface area contributed by atoms with Crippen LogP contribution in [-0.2, 0) is 10.1 Å². The van der Waals surface area contributed by atoms with Crippen LogP contribution in [-0.4, -0.2) is 68.5 Å². The number of halogens is 9. The summed E-state index contributed by atoms with van der Waals surface area (Å²) >= 11 is 0. The van der Waals surface area contributed by atoms with Gasteiger partial charge in [-0.05, 0) is 0 Å². The Hall–Kier alpha value is -1.02. The molecule has 0 spiro atoms. The molecule has 4 nitrogen and oxygen atoms in total. The lowest BCUT2D eigenvalue weighted by molar-refractivity contribution is -0.0620. The molecule has 0 rings (SSSR count). The maximum atomic E-state index is 13.0. The summed E-state index contributed by atoms with van der Waals surface area (Å²) in [6.45, 7) is 3.94. The van der Waals surface area contributed by atoms with E-state index in [2.05, 4.69) is 6.58 Å². The highest BCUT2D eigenvalue weighted by atomic mass is 32.2. The van der Waals surface area contributed by atoms with E-state index in [1.165, 1.54) is 0 Å². The highest BCUT2D eigenvalue weighted by Crippen LogP contribution is 2.28. The van der Waals surface area contributed by atoms with E-state index in [1.807, 2.05) is 0 Å². The molecule has 0 aromatic rings. The Morgan fingerprint density at radius 2 is 1.08 bits per heavy atom. The minimum atomic E-state index is -5.81. The summed E-state index contributed by atoms with van der Waals surface area (Å²) in [5.74, 6) is 0. The highest BCUT2D eigenvalue weighted by molar-refractivity contribution is 7.86. The largest absolute Gasteiger partial charge is 0.327 e. The molecule has 0 aromatic carbocycles. The van der Waals surface area contributed by atoms with Crippen molar-refractivity contribution in [3.8, 4) is 0 Å². The van der Waals surface area contributed by atoms with Crippen molar-refractivity contribution < 1.29 is 52.5 Å². The van der Waals surface area contributed by atoms with Gasteiger partial charge < -0.3 is 5.73 Å². The van der Waals surface area contributed by atoms with Crippen molar-refractivity contribution in [2.75, 3.05) is 6.54 Å². The maximum Gasteiger partial charge on any atom is 0.300 e. The van der Waals surface area contributed by atoms with Crippen LogP contribution in [0.5, 0.6) is 0 Å². The van der Waals surface area contributed by atoms with E-state index in [-0.39, 0.29) is 0 Å². The molecule has 0 radical (unpaired) electrons. The lowest BCUT2D eigenvalue weighted by Crippen LogP contribution is -2.47. The summed E-state index contributed by atoms with van der Waals surface area (Å²) in [4.78, 5) is 0. The first-order chi connectivity index (χ1) is 11.2. The normalized spacial score (nSPS) is 20.5. The van der Waals surface area contributed by atoms with Crippen molar-refractivity contribution in [1.82, 2.24) is 0 Å². The lowest BCUT2D eigenvalue weighted by Gasteiger charge is -2.24. The molecule has 0 saturated carbocycles. The van der Waals surface area contributed by atoms with E-state index in [0.717, 1.165) is 0 Å². The molecule has 0 bridgehead atoms. The highest BCUT2D eigenvalue weighted by Gasteiger charge is 2.49. The summed E-state index contributed by atoms with van der Waals surface area (Å²) in [5.41, 5.74) is 0.889. The lowest BCUT2D eigenvalue weighted by atomic mass is 10.0. The molecule has 152 valence electrons. The molecule has 0 aromatic heterocycles. The van der Waals surface area contributed by atoms with Crippen LogP contribution < -0.4 is 5.73 Å². The summed E-state index contributed by atoms with van der Waals surface area (Å²) in [6, 6.07) is 0. The zero-order valence-electron chi connectivity index (χ0n) is 12.3. The Kier molecular flexibility index (Phi) is 12.1. The Bertz CT molecular complexity index is 481. The van der Waals surface area contributed by atoms with Crippen molar-refractivity contribution in [3.05, 3.63) is 12.7 Å². The molecule has 0 aliphatic rings. The standard InChI is InChI=1S/C8H9F9O3S.C3H7N/c9-1(3(11)5(13)7(15)16)2(10)4(12)6(14)8(17)21(18,19)20;1-2-3-4/h1-8H,(H,18,19,20);2H,1,3-4H2. The molecular weight excluding hydrogens is 397 g/mol. The van der Waals surface area contributed by atoms with E-state index in [0.29, 0.717) is 6.54 Å². The van der Waals surface area contributed by atoms with E-state index in [4.69, 9.17) is 10.3 Å². The van der Waals surface area contributed by atoms with Crippen molar-refractivity contribution in [2.24, 2.45) is 5.73 Å². The zero-order valence-corrected chi connectivity index (χ0v) is 13.1. The van der Waals surface area contributed by atoms with Gasteiger partial charge in [-0.15, -0.1) is 6.58 Å². The topological polar surface area (TPSA) is 80.4 Å². The Labute approximate surface area is 137 Å². The smallest absolute Gasteiger partial charge is 0.300 e. The van der Waals surface area contributed by atoms with Crippen LogP contribution in [0.25, 0.3) is 0 Å². The Morgan fingerprint density at radius 3 is 1.32 bits per heavy atom. The van der Waals surface area contributed by atoms with Gasteiger partial charge in [0.2, 0.25) is 0 Å². The molecule has 3 N–H and O–H groups in total. The maximum absolute atomic E-state index is 13.0. The van der Waals surface area contributed by atoms with Gasteiger partial charge in [0.25, 0.3) is 11.9 Å². The molecule has 0 aliphatic heterocycles. The molecule has 0 fully saturated rings. The van der Waals surface area contributed by atoms with E-state index in [9.17, 15) is 47.9 Å². The van der Waals surface area contributed by atoms with Crippen LogP contribution in [0, 0.1) is 0 Å². The van der Waals surface area contributed by atoms with Gasteiger partial charge >= 0.3 is 10.1 Å². The second kappa shape index (κ2) is 11.6. The van der Waals surface area contributed by atoms with E-state index in [1.54, 1.807) is 6.08 Å². The Morgan fingerprint density at radius 1 is 0.800 bits per heavy atom. The van der Waals surface area contributed by atoms with Crippen LogP contribution in [0.3, 0.4) is 0 Å². The molecule has 0 aliphatic carbocycles. The number of hydrogen-bond donors (Lipinski definition) is 2. The van der Waals surface area contributed by atoms with Crippen LogP contribution in [0.15, 0.2) is 12.7 Å². The molecule has 25 heavy (non-hydrogen) atoms. The molecule has 0 amide bonds. The van der Waals surface area contributed by atoms with Crippen molar-refractivity contribution in [3.63, 3.8) is 0 Å². The van der Waals surface area contributed by atoms with Gasteiger partial charge in [0.1, 0.15) is 0 Å². The SMILES string of the molecule is C=CCN.O=S(=O)(O)C(F)C(F)C(F)C(F)C(F)C(F)C(F)C(F)F. The summed E-state index contributed by atoms with van der Waals surface area (Å²) in [7, 11) is -5.81. The van der Waals surface area contributed by atoms with Gasteiger partial charge in [0.15, 0.2) is 37.0 Å². The fourth-order valence-corrected chi connectivity index (χ4v) is 1.63. The monoisotopic (exact) mass is 413 g/mol. The van der Waals surface area contributed by atoms with Crippen molar-refractivity contribution in [2.45, 2.75) is 49.0 Å². The number of nitrogens with two attached hydrogens (primary N) is 1. The van der Waals surface area contributed by atoms with Crippen LogP contribution in [0.4, 0.5) is 39.5 Å².